The van der Waals surface area contributed by atoms with Crippen LogP contribution in [0.4, 0.5) is 0 Å². The molecule has 0 aromatic heterocycles. The van der Waals surface area contributed by atoms with Crippen LogP contribution in [0.3, 0.4) is 0 Å². The van der Waals surface area contributed by atoms with Crippen LogP contribution in [-0.2, 0) is 16.6 Å². The molecule has 2 heteroatoms. The Morgan fingerprint density at radius 2 is 1.95 bits per heavy atom. The number of hydrogen-bond acceptors (Lipinski definition) is 1. The lowest BCUT2D eigenvalue weighted by atomic mass is 9.74. The van der Waals surface area contributed by atoms with E-state index in [4.69, 9.17) is 0 Å². The van der Waals surface area contributed by atoms with Crippen molar-refractivity contribution in [1.82, 2.24) is 0 Å². The minimum absolute atomic E-state index is 0.373. The molecule has 1 aromatic carbocycles. The van der Waals surface area contributed by atoms with Gasteiger partial charge in [-0.15, -0.1) is 0 Å². The Labute approximate surface area is 115 Å². The Bertz CT molecular complexity index is 468. The van der Waals surface area contributed by atoms with Gasteiger partial charge in [0.25, 0.3) is 0 Å². The third kappa shape index (κ3) is 2.41. The van der Waals surface area contributed by atoms with Gasteiger partial charge in [0.05, 0.1) is 5.41 Å². The van der Waals surface area contributed by atoms with E-state index in [2.05, 4.69) is 39.0 Å². The van der Waals surface area contributed by atoms with Gasteiger partial charge in [0.15, 0.2) is 0 Å². The van der Waals surface area contributed by atoms with E-state index in [0.717, 1.165) is 37.7 Å². The van der Waals surface area contributed by atoms with E-state index in [1.807, 2.05) is 0 Å². The molecule has 0 unspecified atom stereocenters. The molecule has 0 radical (unpaired) electrons. The fraction of sp³-hybridized carbons (Fsp3) is 0.588. The molecule has 1 aliphatic carbocycles. The lowest BCUT2D eigenvalue weighted by molar-refractivity contribution is -0.143. The highest BCUT2D eigenvalue weighted by atomic mass is 16.4. The maximum Gasteiger partial charge on any atom is 0.314 e. The SMILES string of the molecule is CCc1ccc(C(C)C)c(C2(C(=O)O)CCCC2)c1. The van der Waals surface area contributed by atoms with Gasteiger partial charge in [0.1, 0.15) is 0 Å². The molecule has 0 bridgehead atoms. The van der Waals surface area contributed by atoms with E-state index in [0.29, 0.717) is 5.92 Å². The molecule has 0 saturated heterocycles. The van der Waals surface area contributed by atoms with Gasteiger partial charge in [-0.3, -0.25) is 4.79 Å². The summed E-state index contributed by atoms with van der Waals surface area (Å²) >= 11 is 0. The number of benzene rings is 1. The van der Waals surface area contributed by atoms with Crippen LogP contribution in [0.1, 0.15) is 69.1 Å². The van der Waals surface area contributed by atoms with Crippen LogP contribution in [0.15, 0.2) is 18.2 Å². The Hall–Kier alpha value is -1.31. The van der Waals surface area contributed by atoms with Crippen LogP contribution in [0.25, 0.3) is 0 Å². The molecule has 1 N–H and O–H groups in total. The average molecular weight is 260 g/mol. The zero-order chi connectivity index (χ0) is 14.0. The van der Waals surface area contributed by atoms with Crippen LogP contribution < -0.4 is 0 Å². The van der Waals surface area contributed by atoms with Crippen molar-refractivity contribution in [1.29, 1.82) is 0 Å². The van der Waals surface area contributed by atoms with E-state index < -0.39 is 11.4 Å². The molecular weight excluding hydrogens is 236 g/mol. The van der Waals surface area contributed by atoms with Crippen LogP contribution in [0.5, 0.6) is 0 Å². The summed E-state index contributed by atoms with van der Waals surface area (Å²) in [6, 6.07) is 6.43. The van der Waals surface area contributed by atoms with Gasteiger partial charge >= 0.3 is 5.97 Å². The first kappa shape index (κ1) is 14.1. The zero-order valence-corrected chi connectivity index (χ0v) is 12.2. The highest BCUT2D eigenvalue weighted by Crippen LogP contribution is 2.44. The molecule has 1 aromatic rings. The van der Waals surface area contributed by atoms with Crippen molar-refractivity contribution in [3.8, 4) is 0 Å². The molecule has 0 amide bonds. The maximum absolute atomic E-state index is 11.9. The number of hydrogen-bond donors (Lipinski definition) is 1. The molecule has 104 valence electrons. The number of aryl methyl sites for hydroxylation is 1. The summed E-state index contributed by atoms with van der Waals surface area (Å²) in [5.74, 6) is -0.266. The third-order valence-corrected chi connectivity index (χ3v) is 4.53. The molecule has 1 saturated carbocycles. The molecule has 2 nitrogen and oxygen atoms in total. The predicted octanol–water partition coefficient (Wildman–Crippen LogP) is 4.27. The molecule has 19 heavy (non-hydrogen) atoms. The van der Waals surface area contributed by atoms with Gasteiger partial charge in [-0.05, 0) is 41.9 Å². The lowest BCUT2D eigenvalue weighted by Gasteiger charge is -2.29. The Morgan fingerprint density at radius 3 is 2.42 bits per heavy atom. The van der Waals surface area contributed by atoms with Crippen molar-refractivity contribution in [2.75, 3.05) is 0 Å². The maximum atomic E-state index is 11.9. The first-order valence-electron chi connectivity index (χ1n) is 7.38. The van der Waals surface area contributed by atoms with Crippen LogP contribution in [0, 0.1) is 0 Å². The zero-order valence-electron chi connectivity index (χ0n) is 12.2. The summed E-state index contributed by atoms with van der Waals surface area (Å²) in [5.41, 5.74) is 2.89. The molecule has 0 spiro atoms. The number of carbonyl (C=O) groups is 1. The summed E-state index contributed by atoms with van der Waals surface area (Å²) in [5, 5.41) is 9.79. The average Bonchev–Trinajstić information content (AvgIpc) is 2.88. The van der Waals surface area contributed by atoms with E-state index in [1.54, 1.807) is 0 Å². The van der Waals surface area contributed by atoms with Gasteiger partial charge in [-0.2, -0.15) is 0 Å². The van der Waals surface area contributed by atoms with Crippen molar-refractivity contribution in [3.05, 3.63) is 34.9 Å². The number of rotatable bonds is 4. The second-order valence-corrected chi connectivity index (χ2v) is 6.02. The highest BCUT2D eigenvalue weighted by Gasteiger charge is 2.44. The van der Waals surface area contributed by atoms with Crippen LogP contribution in [0.2, 0.25) is 0 Å². The molecule has 2 rings (SSSR count). The summed E-state index contributed by atoms with van der Waals surface area (Å²) in [6.07, 6.45) is 4.59. The van der Waals surface area contributed by atoms with E-state index >= 15 is 0 Å². The van der Waals surface area contributed by atoms with Crippen molar-refractivity contribution in [2.24, 2.45) is 0 Å². The molecule has 0 aliphatic heterocycles. The number of carboxylic acid groups (broad SMARTS) is 1. The molecule has 0 heterocycles. The van der Waals surface area contributed by atoms with E-state index in [1.165, 1.54) is 11.1 Å². The van der Waals surface area contributed by atoms with Gasteiger partial charge in [0, 0.05) is 0 Å². The number of aliphatic carboxylic acids is 1. The Balaban J connectivity index is 2.60. The summed E-state index contributed by atoms with van der Waals surface area (Å²) in [6.45, 7) is 6.42. The lowest BCUT2D eigenvalue weighted by Crippen LogP contribution is -2.34. The second-order valence-electron chi connectivity index (χ2n) is 6.02. The van der Waals surface area contributed by atoms with E-state index in [9.17, 15) is 9.90 Å². The normalized spacial score (nSPS) is 17.9. The monoisotopic (exact) mass is 260 g/mol. The molecule has 1 fully saturated rings. The van der Waals surface area contributed by atoms with Crippen molar-refractivity contribution < 1.29 is 9.90 Å². The molecular formula is C17H24O2. The summed E-state index contributed by atoms with van der Waals surface area (Å²) in [7, 11) is 0. The molecule has 0 atom stereocenters. The number of carboxylic acids is 1. The van der Waals surface area contributed by atoms with Gasteiger partial charge < -0.3 is 5.11 Å². The highest BCUT2D eigenvalue weighted by molar-refractivity contribution is 5.82. The third-order valence-electron chi connectivity index (χ3n) is 4.53. The molecule has 1 aliphatic rings. The summed E-state index contributed by atoms with van der Waals surface area (Å²) in [4.78, 5) is 11.9. The standard InChI is InChI=1S/C17H24O2/c1-4-13-7-8-14(12(2)3)15(11-13)17(16(18)19)9-5-6-10-17/h7-8,11-12H,4-6,9-10H2,1-3H3,(H,18,19). The van der Waals surface area contributed by atoms with Crippen molar-refractivity contribution in [3.63, 3.8) is 0 Å². The van der Waals surface area contributed by atoms with Gasteiger partial charge in [0.2, 0.25) is 0 Å². The quantitative estimate of drug-likeness (QED) is 0.877. The Morgan fingerprint density at radius 1 is 1.32 bits per heavy atom. The first-order chi connectivity index (χ1) is 9.01. The fourth-order valence-corrected chi connectivity index (χ4v) is 3.32. The van der Waals surface area contributed by atoms with Crippen LogP contribution >= 0.6 is 0 Å². The predicted molar refractivity (Wildman–Crippen MR) is 77.7 cm³/mol. The van der Waals surface area contributed by atoms with E-state index in [-0.39, 0.29) is 0 Å². The Kier molecular flexibility index (Phi) is 3.98. The first-order valence-corrected chi connectivity index (χ1v) is 7.38. The van der Waals surface area contributed by atoms with Gasteiger partial charge in [-0.1, -0.05) is 51.8 Å². The minimum atomic E-state index is -0.639. The van der Waals surface area contributed by atoms with Crippen LogP contribution in [-0.4, -0.2) is 11.1 Å². The van der Waals surface area contributed by atoms with Gasteiger partial charge in [-0.25, -0.2) is 0 Å². The minimum Gasteiger partial charge on any atom is -0.481 e. The topological polar surface area (TPSA) is 37.3 Å². The van der Waals surface area contributed by atoms with Crippen molar-refractivity contribution >= 4 is 5.97 Å². The fourth-order valence-electron chi connectivity index (χ4n) is 3.32. The smallest absolute Gasteiger partial charge is 0.314 e. The second kappa shape index (κ2) is 5.36. The largest absolute Gasteiger partial charge is 0.481 e. The summed E-state index contributed by atoms with van der Waals surface area (Å²) < 4.78 is 0. The van der Waals surface area contributed by atoms with Crippen molar-refractivity contribution in [2.45, 2.75) is 64.2 Å².